The van der Waals surface area contributed by atoms with E-state index in [1.165, 1.54) is 6.26 Å². The van der Waals surface area contributed by atoms with Crippen LogP contribution in [-0.4, -0.2) is 16.1 Å². The normalized spacial score (nSPS) is 10.6. The van der Waals surface area contributed by atoms with E-state index in [9.17, 15) is 4.79 Å². The smallest absolute Gasteiger partial charge is 0.322 e. The Morgan fingerprint density at radius 2 is 2.09 bits per heavy atom. The molecule has 0 saturated carbocycles. The number of aromatic nitrogens is 2. The molecule has 2 heterocycles. The van der Waals surface area contributed by atoms with Gasteiger partial charge in [0.15, 0.2) is 5.76 Å². The van der Waals surface area contributed by atoms with E-state index in [1.807, 2.05) is 32.0 Å². The standard InChI is InChI=1S/C16H15N3O3/c1-10-5-6-11(2)12(8-10)9-14(20)17-16-19-18-15(22-16)13-4-3-7-21-13/h3-8H,9H2,1-2H3,(H,17,19,20). The van der Waals surface area contributed by atoms with Crippen LogP contribution in [0.3, 0.4) is 0 Å². The van der Waals surface area contributed by atoms with E-state index < -0.39 is 0 Å². The lowest BCUT2D eigenvalue weighted by molar-refractivity contribution is -0.115. The van der Waals surface area contributed by atoms with Gasteiger partial charge >= 0.3 is 6.01 Å². The Morgan fingerprint density at radius 1 is 1.23 bits per heavy atom. The molecule has 112 valence electrons. The molecule has 0 spiro atoms. The van der Waals surface area contributed by atoms with E-state index in [4.69, 9.17) is 8.83 Å². The van der Waals surface area contributed by atoms with E-state index in [2.05, 4.69) is 15.5 Å². The summed E-state index contributed by atoms with van der Waals surface area (Å²) < 4.78 is 10.5. The zero-order valence-corrected chi connectivity index (χ0v) is 12.3. The monoisotopic (exact) mass is 297 g/mol. The van der Waals surface area contributed by atoms with Gasteiger partial charge in [0, 0.05) is 0 Å². The summed E-state index contributed by atoms with van der Waals surface area (Å²) in [4.78, 5) is 12.1. The molecule has 6 heteroatoms. The summed E-state index contributed by atoms with van der Waals surface area (Å²) in [6, 6.07) is 9.50. The highest BCUT2D eigenvalue weighted by Gasteiger charge is 2.14. The molecule has 0 aliphatic heterocycles. The molecule has 1 amide bonds. The van der Waals surface area contributed by atoms with Crippen LogP contribution in [0.2, 0.25) is 0 Å². The minimum absolute atomic E-state index is 0.0571. The maximum absolute atomic E-state index is 12.1. The molecule has 0 saturated heterocycles. The Balaban J connectivity index is 1.68. The fraction of sp³-hybridized carbons (Fsp3) is 0.188. The van der Waals surface area contributed by atoms with Crippen molar-refractivity contribution in [1.82, 2.24) is 10.2 Å². The van der Waals surface area contributed by atoms with Gasteiger partial charge in [-0.25, -0.2) is 0 Å². The van der Waals surface area contributed by atoms with Gasteiger partial charge < -0.3 is 8.83 Å². The first-order valence-corrected chi connectivity index (χ1v) is 6.85. The molecule has 3 rings (SSSR count). The van der Waals surface area contributed by atoms with Gasteiger partial charge in [-0.3, -0.25) is 10.1 Å². The summed E-state index contributed by atoms with van der Waals surface area (Å²) in [5, 5.41) is 10.2. The highest BCUT2D eigenvalue weighted by Crippen LogP contribution is 2.20. The van der Waals surface area contributed by atoms with Gasteiger partial charge in [0.1, 0.15) is 0 Å². The zero-order chi connectivity index (χ0) is 15.5. The molecule has 0 aliphatic rings. The first kappa shape index (κ1) is 14.1. The average molecular weight is 297 g/mol. The van der Waals surface area contributed by atoms with Crippen molar-refractivity contribution in [3.05, 3.63) is 53.3 Å². The second-order valence-electron chi connectivity index (χ2n) is 5.04. The SMILES string of the molecule is Cc1ccc(C)c(CC(=O)Nc2nnc(-c3ccco3)o2)c1. The van der Waals surface area contributed by atoms with Gasteiger partial charge in [-0.1, -0.05) is 28.9 Å². The Hall–Kier alpha value is -2.89. The van der Waals surface area contributed by atoms with Crippen molar-refractivity contribution in [3.63, 3.8) is 0 Å². The molecule has 0 aliphatic carbocycles. The molecule has 0 bridgehead atoms. The number of hydrogen-bond donors (Lipinski definition) is 1. The number of nitrogens with zero attached hydrogens (tertiary/aromatic N) is 2. The van der Waals surface area contributed by atoms with Crippen molar-refractivity contribution in [2.24, 2.45) is 0 Å². The van der Waals surface area contributed by atoms with Gasteiger partial charge in [0.05, 0.1) is 12.7 Å². The van der Waals surface area contributed by atoms with Crippen LogP contribution in [-0.2, 0) is 11.2 Å². The molecule has 2 aromatic heterocycles. The predicted molar refractivity (Wildman–Crippen MR) is 80.2 cm³/mol. The van der Waals surface area contributed by atoms with Crippen molar-refractivity contribution in [3.8, 4) is 11.7 Å². The molecule has 1 aromatic carbocycles. The summed E-state index contributed by atoms with van der Waals surface area (Å²) >= 11 is 0. The average Bonchev–Trinajstić information content (AvgIpc) is 3.13. The van der Waals surface area contributed by atoms with E-state index in [0.717, 1.165) is 16.7 Å². The van der Waals surface area contributed by atoms with Gasteiger partial charge in [-0.15, -0.1) is 5.10 Å². The largest absolute Gasteiger partial charge is 0.459 e. The third kappa shape index (κ3) is 3.06. The fourth-order valence-electron chi connectivity index (χ4n) is 2.10. The minimum Gasteiger partial charge on any atom is -0.459 e. The van der Waals surface area contributed by atoms with Crippen LogP contribution >= 0.6 is 0 Å². The number of benzene rings is 1. The number of nitrogens with one attached hydrogen (secondary N) is 1. The van der Waals surface area contributed by atoms with Crippen LogP contribution in [0.15, 0.2) is 45.4 Å². The van der Waals surface area contributed by atoms with Crippen LogP contribution < -0.4 is 5.32 Å². The molecular weight excluding hydrogens is 282 g/mol. The van der Waals surface area contributed by atoms with E-state index in [0.29, 0.717) is 5.76 Å². The topological polar surface area (TPSA) is 81.2 Å². The maximum atomic E-state index is 12.1. The van der Waals surface area contributed by atoms with Gasteiger partial charge in [-0.2, -0.15) is 0 Å². The molecule has 0 unspecified atom stereocenters. The van der Waals surface area contributed by atoms with Crippen molar-refractivity contribution < 1.29 is 13.6 Å². The first-order valence-electron chi connectivity index (χ1n) is 6.85. The Morgan fingerprint density at radius 3 is 2.86 bits per heavy atom. The predicted octanol–water partition coefficient (Wildman–Crippen LogP) is 3.13. The van der Waals surface area contributed by atoms with Crippen molar-refractivity contribution in [2.45, 2.75) is 20.3 Å². The number of rotatable bonds is 4. The van der Waals surface area contributed by atoms with Crippen LogP contribution in [0.4, 0.5) is 6.01 Å². The van der Waals surface area contributed by atoms with E-state index in [-0.39, 0.29) is 24.2 Å². The Kier molecular flexibility index (Phi) is 3.74. The number of furan rings is 1. The third-order valence-electron chi connectivity index (χ3n) is 3.26. The lowest BCUT2D eigenvalue weighted by atomic mass is 10.0. The summed E-state index contributed by atoms with van der Waals surface area (Å²) in [7, 11) is 0. The fourth-order valence-corrected chi connectivity index (χ4v) is 2.10. The number of aryl methyl sites for hydroxylation is 2. The molecule has 0 atom stereocenters. The van der Waals surface area contributed by atoms with Gasteiger partial charge in [0.25, 0.3) is 5.89 Å². The highest BCUT2D eigenvalue weighted by atomic mass is 16.4. The van der Waals surface area contributed by atoms with Crippen molar-refractivity contribution in [2.75, 3.05) is 5.32 Å². The number of hydrogen-bond acceptors (Lipinski definition) is 5. The number of anilines is 1. The quantitative estimate of drug-likeness (QED) is 0.800. The first-order chi connectivity index (χ1) is 10.6. The number of carbonyl (C=O) groups excluding carboxylic acids is 1. The molecular formula is C16H15N3O3. The number of carbonyl (C=O) groups is 1. The number of amides is 1. The van der Waals surface area contributed by atoms with Crippen molar-refractivity contribution in [1.29, 1.82) is 0 Å². The van der Waals surface area contributed by atoms with Crippen LogP contribution in [0.5, 0.6) is 0 Å². The Bertz CT molecular complexity index is 791. The maximum Gasteiger partial charge on any atom is 0.322 e. The minimum atomic E-state index is -0.205. The lowest BCUT2D eigenvalue weighted by Crippen LogP contribution is -2.15. The molecule has 1 N–H and O–H groups in total. The van der Waals surface area contributed by atoms with Crippen LogP contribution in [0.25, 0.3) is 11.7 Å². The van der Waals surface area contributed by atoms with E-state index >= 15 is 0 Å². The molecule has 22 heavy (non-hydrogen) atoms. The molecule has 0 fully saturated rings. The highest BCUT2D eigenvalue weighted by molar-refractivity contribution is 5.90. The van der Waals surface area contributed by atoms with Crippen LogP contribution in [0.1, 0.15) is 16.7 Å². The van der Waals surface area contributed by atoms with E-state index in [1.54, 1.807) is 12.1 Å². The summed E-state index contributed by atoms with van der Waals surface area (Å²) in [6.45, 7) is 3.97. The summed E-state index contributed by atoms with van der Waals surface area (Å²) in [5.41, 5.74) is 3.16. The summed E-state index contributed by atoms with van der Waals surface area (Å²) in [5.74, 6) is 0.484. The Labute approximate surface area is 127 Å². The van der Waals surface area contributed by atoms with Crippen LogP contribution in [0, 0.1) is 13.8 Å². The third-order valence-corrected chi connectivity index (χ3v) is 3.26. The molecule has 0 radical (unpaired) electrons. The van der Waals surface area contributed by atoms with Gasteiger partial charge in [-0.05, 0) is 37.1 Å². The molecule has 3 aromatic rings. The van der Waals surface area contributed by atoms with Crippen molar-refractivity contribution >= 4 is 11.9 Å². The second-order valence-corrected chi connectivity index (χ2v) is 5.04. The summed E-state index contributed by atoms with van der Waals surface area (Å²) in [6.07, 6.45) is 1.77. The zero-order valence-electron chi connectivity index (χ0n) is 12.3. The lowest BCUT2D eigenvalue weighted by Gasteiger charge is -2.06. The molecule has 6 nitrogen and oxygen atoms in total. The van der Waals surface area contributed by atoms with Gasteiger partial charge in [0.2, 0.25) is 5.91 Å². The second kappa shape index (κ2) is 5.85.